The molecule has 2 aromatic rings. The lowest BCUT2D eigenvalue weighted by atomic mass is 10.5. The smallest absolute Gasteiger partial charge is 0.242 e. The van der Waals surface area contributed by atoms with Crippen LogP contribution < -0.4 is 4.72 Å². The van der Waals surface area contributed by atoms with Crippen LogP contribution in [0.25, 0.3) is 0 Å². The SMILES string of the molecule is O=S(=O)(NCc1cnc[nH]1)c1cc(Br)sc1Br. The highest BCUT2D eigenvalue weighted by Gasteiger charge is 2.20. The summed E-state index contributed by atoms with van der Waals surface area (Å²) in [5.74, 6) is 0. The minimum Gasteiger partial charge on any atom is -0.347 e. The van der Waals surface area contributed by atoms with E-state index in [1.54, 1.807) is 12.3 Å². The Balaban J connectivity index is 2.17. The van der Waals surface area contributed by atoms with Crippen LogP contribution in [0.3, 0.4) is 0 Å². The second-order valence-electron chi connectivity index (χ2n) is 3.09. The maximum atomic E-state index is 12.0. The number of sulfonamides is 1. The molecule has 0 atom stereocenters. The molecule has 0 saturated heterocycles. The molecule has 0 aromatic carbocycles. The lowest BCUT2D eigenvalue weighted by molar-refractivity contribution is 0.580. The fourth-order valence-electron chi connectivity index (χ4n) is 1.14. The van der Waals surface area contributed by atoms with Gasteiger partial charge in [0.15, 0.2) is 0 Å². The van der Waals surface area contributed by atoms with Crippen LogP contribution in [0.2, 0.25) is 0 Å². The number of rotatable bonds is 4. The third kappa shape index (κ3) is 3.16. The fraction of sp³-hybridized carbons (Fsp3) is 0.125. The van der Waals surface area contributed by atoms with Gasteiger partial charge in [0, 0.05) is 11.9 Å². The zero-order chi connectivity index (χ0) is 12.5. The summed E-state index contributed by atoms with van der Waals surface area (Å²) < 4.78 is 27.8. The minimum absolute atomic E-state index is 0.183. The molecular weight excluding hydrogens is 394 g/mol. The highest BCUT2D eigenvalue weighted by atomic mass is 79.9. The third-order valence-corrected chi connectivity index (χ3v) is 6.08. The predicted octanol–water partition coefficient (Wildman–Crippen LogP) is 2.47. The Labute approximate surface area is 119 Å². The first kappa shape index (κ1) is 13.2. The number of aromatic amines is 1. The summed E-state index contributed by atoms with van der Waals surface area (Å²) in [4.78, 5) is 6.87. The standard InChI is InChI=1S/C8H7Br2N3O2S2/c9-7-1-6(8(10)16-7)17(14,15)13-3-5-2-11-4-12-5/h1-2,4,13H,3H2,(H,11,12). The Bertz CT molecular complexity index is 607. The van der Waals surface area contributed by atoms with Crippen LogP contribution in [-0.4, -0.2) is 18.4 Å². The molecule has 0 aliphatic heterocycles. The first-order chi connectivity index (χ1) is 7.99. The van der Waals surface area contributed by atoms with Gasteiger partial charge >= 0.3 is 0 Å². The molecule has 0 aliphatic carbocycles. The molecule has 0 aliphatic rings. The number of nitrogens with one attached hydrogen (secondary N) is 2. The average Bonchev–Trinajstić information content (AvgIpc) is 2.85. The van der Waals surface area contributed by atoms with Crippen LogP contribution in [-0.2, 0) is 16.6 Å². The van der Waals surface area contributed by atoms with Gasteiger partial charge in [-0.25, -0.2) is 18.1 Å². The maximum Gasteiger partial charge on any atom is 0.242 e. The number of hydrogen-bond acceptors (Lipinski definition) is 4. The van der Waals surface area contributed by atoms with Gasteiger partial charge in [0.05, 0.1) is 20.4 Å². The normalized spacial score (nSPS) is 11.9. The summed E-state index contributed by atoms with van der Waals surface area (Å²) in [6, 6.07) is 1.56. The number of aromatic nitrogens is 2. The molecule has 0 radical (unpaired) electrons. The lowest BCUT2D eigenvalue weighted by Crippen LogP contribution is -2.23. The zero-order valence-corrected chi connectivity index (χ0v) is 13.1. The van der Waals surface area contributed by atoms with E-state index in [2.05, 4.69) is 46.5 Å². The van der Waals surface area contributed by atoms with E-state index in [0.29, 0.717) is 9.48 Å². The van der Waals surface area contributed by atoms with E-state index in [9.17, 15) is 8.42 Å². The molecule has 0 saturated carbocycles. The van der Waals surface area contributed by atoms with E-state index in [-0.39, 0.29) is 11.4 Å². The minimum atomic E-state index is -3.51. The number of hydrogen-bond donors (Lipinski definition) is 2. The van der Waals surface area contributed by atoms with Gasteiger partial charge in [0.2, 0.25) is 10.0 Å². The third-order valence-electron chi connectivity index (χ3n) is 1.92. The molecule has 0 fully saturated rings. The van der Waals surface area contributed by atoms with Crippen LogP contribution in [0.15, 0.2) is 31.1 Å². The Morgan fingerprint density at radius 2 is 2.24 bits per heavy atom. The monoisotopic (exact) mass is 399 g/mol. The van der Waals surface area contributed by atoms with Crippen LogP contribution >= 0.6 is 43.2 Å². The second-order valence-corrected chi connectivity index (χ2v) is 8.57. The van der Waals surface area contributed by atoms with Crippen molar-refractivity contribution in [2.75, 3.05) is 0 Å². The van der Waals surface area contributed by atoms with Crippen molar-refractivity contribution in [2.45, 2.75) is 11.4 Å². The van der Waals surface area contributed by atoms with Crippen LogP contribution in [0.4, 0.5) is 0 Å². The van der Waals surface area contributed by atoms with Gasteiger partial charge in [0.25, 0.3) is 0 Å². The number of thiophene rings is 1. The number of halogens is 2. The Hall–Kier alpha value is -0.220. The van der Waals surface area contributed by atoms with E-state index < -0.39 is 10.0 Å². The molecule has 17 heavy (non-hydrogen) atoms. The van der Waals surface area contributed by atoms with Crippen molar-refractivity contribution in [1.29, 1.82) is 0 Å². The molecule has 9 heteroatoms. The summed E-state index contributed by atoms with van der Waals surface area (Å²) in [5.41, 5.74) is 0.707. The molecule has 2 N–H and O–H groups in total. The first-order valence-corrected chi connectivity index (χ1v) is 8.29. The van der Waals surface area contributed by atoms with Gasteiger partial charge in [0.1, 0.15) is 4.90 Å². The summed E-state index contributed by atoms with van der Waals surface area (Å²) in [6.07, 6.45) is 3.07. The highest BCUT2D eigenvalue weighted by Crippen LogP contribution is 2.34. The van der Waals surface area contributed by atoms with Gasteiger partial charge < -0.3 is 4.98 Å². The quantitative estimate of drug-likeness (QED) is 0.827. The van der Waals surface area contributed by atoms with Crippen molar-refractivity contribution < 1.29 is 8.42 Å². The van der Waals surface area contributed by atoms with Gasteiger partial charge in [-0.3, -0.25) is 0 Å². The van der Waals surface area contributed by atoms with Crippen LogP contribution in [0.5, 0.6) is 0 Å². The van der Waals surface area contributed by atoms with Crippen LogP contribution in [0, 0.1) is 0 Å². The van der Waals surface area contributed by atoms with E-state index in [1.807, 2.05) is 0 Å². The maximum absolute atomic E-state index is 12.0. The van der Waals surface area contributed by atoms with Crippen molar-refractivity contribution in [3.8, 4) is 0 Å². The average molecular weight is 401 g/mol. The fourth-order valence-corrected chi connectivity index (χ4v) is 5.96. The molecular formula is C8H7Br2N3O2S2. The largest absolute Gasteiger partial charge is 0.347 e. The van der Waals surface area contributed by atoms with Crippen LogP contribution in [0.1, 0.15) is 5.69 Å². The van der Waals surface area contributed by atoms with Crippen molar-refractivity contribution in [3.63, 3.8) is 0 Å². The number of nitrogens with zero attached hydrogens (tertiary/aromatic N) is 1. The summed E-state index contributed by atoms with van der Waals surface area (Å²) in [6.45, 7) is 0.183. The molecule has 2 aromatic heterocycles. The highest BCUT2D eigenvalue weighted by molar-refractivity contribution is 9.12. The Kier molecular flexibility index (Phi) is 4.03. The summed E-state index contributed by atoms with van der Waals surface area (Å²) in [5, 5.41) is 0. The van der Waals surface area contributed by atoms with E-state index in [0.717, 1.165) is 3.79 Å². The Morgan fingerprint density at radius 3 is 2.76 bits per heavy atom. The van der Waals surface area contributed by atoms with E-state index in [4.69, 9.17) is 0 Å². The number of imidazole rings is 1. The number of H-pyrrole nitrogens is 1. The Morgan fingerprint density at radius 1 is 1.47 bits per heavy atom. The summed E-state index contributed by atoms with van der Waals surface area (Å²) >= 11 is 7.78. The van der Waals surface area contributed by atoms with E-state index in [1.165, 1.54) is 17.7 Å². The van der Waals surface area contributed by atoms with Gasteiger partial charge in [-0.15, -0.1) is 11.3 Å². The van der Waals surface area contributed by atoms with Crippen molar-refractivity contribution in [1.82, 2.24) is 14.7 Å². The van der Waals surface area contributed by atoms with Gasteiger partial charge in [-0.1, -0.05) is 0 Å². The molecule has 0 amide bonds. The predicted molar refractivity (Wildman–Crippen MR) is 72.3 cm³/mol. The second kappa shape index (κ2) is 5.19. The van der Waals surface area contributed by atoms with Crippen molar-refractivity contribution in [2.24, 2.45) is 0 Å². The van der Waals surface area contributed by atoms with Gasteiger partial charge in [-0.05, 0) is 37.9 Å². The van der Waals surface area contributed by atoms with E-state index >= 15 is 0 Å². The molecule has 0 bridgehead atoms. The molecule has 2 heterocycles. The van der Waals surface area contributed by atoms with Gasteiger partial charge in [-0.2, -0.15) is 0 Å². The molecule has 2 rings (SSSR count). The molecule has 0 unspecified atom stereocenters. The van der Waals surface area contributed by atoms with Crippen molar-refractivity contribution in [3.05, 3.63) is 31.9 Å². The summed E-state index contributed by atoms with van der Waals surface area (Å²) in [7, 11) is -3.51. The zero-order valence-electron chi connectivity index (χ0n) is 8.28. The van der Waals surface area contributed by atoms with Crippen molar-refractivity contribution >= 4 is 53.2 Å². The first-order valence-electron chi connectivity index (χ1n) is 4.41. The lowest BCUT2D eigenvalue weighted by Gasteiger charge is -2.03. The molecule has 0 spiro atoms. The topological polar surface area (TPSA) is 74.8 Å². The molecule has 92 valence electrons. The molecule has 5 nitrogen and oxygen atoms in total.